The molecule has 3 aromatic rings. The first-order chi connectivity index (χ1) is 17.7. The zero-order valence-electron chi connectivity index (χ0n) is 19.5. The maximum Gasteiger partial charge on any atom is 0.374 e. The fourth-order valence-electron chi connectivity index (χ4n) is 5.06. The van der Waals surface area contributed by atoms with Crippen LogP contribution in [0.2, 0.25) is 0 Å². The molecule has 1 aromatic heterocycles. The third-order valence-corrected chi connectivity index (χ3v) is 6.81. The molecule has 0 saturated heterocycles. The molecule has 1 atom stereocenters. The summed E-state index contributed by atoms with van der Waals surface area (Å²) in [5.74, 6) is -4.56. The molecule has 0 unspecified atom stereocenters. The number of ketones is 2. The number of aryl methyl sites for hydroxylation is 1. The average molecular weight is 506 g/mol. The summed E-state index contributed by atoms with van der Waals surface area (Å²) in [4.78, 5) is 49.7. The van der Waals surface area contributed by atoms with Crippen molar-refractivity contribution in [3.63, 3.8) is 0 Å². The number of phenolic OH excluding ortho intramolecular Hbond substituents is 2. The summed E-state index contributed by atoms with van der Waals surface area (Å²) in [6, 6.07) is 4.27. The third kappa shape index (κ3) is 3.13. The Morgan fingerprint density at radius 2 is 1.84 bits per heavy atom. The van der Waals surface area contributed by atoms with Crippen LogP contribution in [0.15, 0.2) is 39.2 Å². The Morgan fingerprint density at radius 1 is 1.05 bits per heavy atom. The van der Waals surface area contributed by atoms with E-state index in [1.165, 1.54) is 19.2 Å². The van der Waals surface area contributed by atoms with E-state index < -0.39 is 34.7 Å². The lowest BCUT2D eigenvalue weighted by Gasteiger charge is -2.35. The Kier molecular flexibility index (Phi) is 4.65. The number of Topliss-reactive ketones (excluding diaryl/α,β-unsaturated/α-hetero) is 1. The summed E-state index contributed by atoms with van der Waals surface area (Å²) in [6.45, 7) is 0. The number of hydrogen-bond donors (Lipinski definition) is 2. The fraction of sp³-hybridized carbons (Fsp3) is 0.231. The van der Waals surface area contributed by atoms with Gasteiger partial charge in [0.25, 0.3) is 5.79 Å². The second-order valence-electron chi connectivity index (χ2n) is 8.89. The number of carbonyl (C=O) groups excluding carboxylic acids is 3. The van der Waals surface area contributed by atoms with Gasteiger partial charge in [-0.25, -0.2) is 9.59 Å². The van der Waals surface area contributed by atoms with Crippen LogP contribution in [0.3, 0.4) is 0 Å². The van der Waals surface area contributed by atoms with Crippen molar-refractivity contribution < 1.29 is 48.0 Å². The van der Waals surface area contributed by atoms with Crippen molar-refractivity contribution in [3.8, 4) is 23.0 Å². The monoisotopic (exact) mass is 506 g/mol. The van der Waals surface area contributed by atoms with Crippen LogP contribution < -0.4 is 15.1 Å². The molecule has 2 aromatic carbocycles. The number of benzene rings is 2. The molecule has 0 amide bonds. The maximum absolute atomic E-state index is 12.7. The molecular formula is C26H18O11. The van der Waals surface area contributed by atoms with E-state index in [0.717, 1.165) is 13.2 Å². The molecule has 11 nitrogen and oxygen atoms in total. The number of rotatable bonds is 2. The Balaban J connectivity index is 1.41. The normalized spacial score (nSPS) is 19.5. The van der Waals surface area contributed by atoms with E-state index in [-0.39, 0.29) is 69.1 Å². The van der Waals surface area contributed by atoms with E-state index in [1.54, 1.807) is 6.07 Å². The highest BCUT2D eigenvalue weighted by molar-refractivity contribution is 6.25. The standard InChI is InChI=1S/C26H18O11/c1-33-16-8-14(27)19-12(20(16)28)7-15-13(21(19)29)9-26(36-15)4-3-10-5-11-6-17(24(31)34-2)35-25(32)18(11)22(30)23(10)37-26/h5-8,29-30H,3-4,9H2,1-2H3/t26-/m1/s1. The van der Waals surface area contributed by atoms with Gasteiger partial charge in [-0.05, 0) is 35.6 Å². The molecule has 1 aliphatic carbocycles. The Bertz CT molecular complexity index is 1680. The third-order valence-electron chi connectivity index (χ3n) is 6.81. The van der Waals surface area contributed by atoms with E-state index in [9.17, 15) is 29.4 Å². The summed E-state index contributed by atoms with van der Waals surface area (Å²) < 4.78 is 26.8. The fourth-order valence-corrected chi connectivity index (χ4v) is 5.06. The van der Waals surface area contributed by atoms with Crippen LogP contribution in [0.1, 0.15) is 48.8 Å². The van der Waals surface area contributed by atoms with Crippen LogP contribution >= 0.6 is 0 Å². The minimum absolute atomic E-state index is 0.00980. The van der Waals surface area contributed by atoms with Gasteiger partial charge in [0.05, 0.1) is 26.2 Å². The first-order valence-corrected chi connectivity index (χ1v) is 11.2. The van der Waals surface area contributed by atoms with Gasteiger partial charge in [0, 0.05) is 23.6 Å². The predicted octanol–water partition coefficient (Wildman–Crippen LogP) is 2.56. The van der Waals surface area contributed by atoms with Crippen molar-refractivity contribution in [1.82, 2.24) is 0 Å². The van der Waals surface area contributed by atoms with Crippen LogP contribution in [0, 0.1) is 0 Å². The molecule has 188 valence electrons. The van der Waals surface area contributed by atoms with Gasteiger partial charge in [0.2, 0.25) is 11.5 Å². The second kappa shape index (κ2) is 7.60. The number of allylic oxidation sites excluding steroid dienone is 2. The zero-order chi connectivity index (χ0) is 26.2. The highest BCUT2D eigenvalue weighted by atomic mass is 16.7. The summed E-state index contributed by atoms with van der Waals surface area (Å²) in [7, 11) is 2.41. The van der Waals surface area contributed by atoms with Crippen LogP contribution in [0.5, 0.6) is 23.0 Å². The van der Waals surface area contributed by atoms with Gasteiger partial charge in [-0.2, -0.15) is 0 Å². The van der Waals surface area contributed by atoms with Crippen LogP contribution in [-0.2, 0) is 22.3 Å². The molecule has 1 spiro atoms. The first kappa shape index (κ1) is 22.7. The highest BCUT2D eigenvalue weighted by Crippen LogP contribution is 2.51. The van der Waals surface area contributed by atoms with Crippen LogP contribution in [0.4, 0.5) is 0 Å². The number of fused-ring (bicyclic) bond motifs is 4. The number of carbonyl (C=O) groups is 3. The van der Waals surface area contributed by atoms with E-state index in [4.69, 9.17) is 18.6 Å². The largest absolute Gasteiger partial charge is 0.507 e. The van der Waals surface area contributed by atoms with Gasteiger partial charge < -0.3 is 33.6 Å². The van der Waals surface area contributed by atoms with E-state index >= 15 is 0 Å². The van der Waals surface area contributed by atoms with Crippen molar-refractivity contribution in [1.29, 1.82) is 0 Å². The van der Waals surface area contributed by atoms with Crippen molar-refractivity contribution >= 4 is 28.3 Å². The predicted molar refractivity (Wildman–Crippen MR) is 123 cm³/mol. The molecule has 11 heteroatoms. The summed E-state index contributed by atoms with van der Waals surface area (Å²) in [5, 5.41) is 22.0. The Morgan fingerprint density at radius 3 is 2.57 bits per heavy atom. The van der Waals surface area contributed by atoms with Crippen molar-refractivity contribution in [2.24, 2.45) is 0 Å². The molecule has 0 bridgehead atoms. The lowest BCUT2D eigenvalue weighted by atomic mass is 9.88. The molecule has 3 heterocycles. The number of methoxy groups -OCH3 is 2. The molecular weight excluding hydrogens is 488 g/mol. The quantitative estimate of drug-likeness (QED) is 0.492. The Labute approximate surface area is 207 Å². The minimum Gasteiger partial charge on any atom is -0.507 e. The van der Waals surface area contributed by atoms with Crippen molar-refractivity contribution in [3.05, 3.63) is 68.5 Å². The van der Waals surface area contributed by atoms with Gasteiger partial charge in [0.1, 0.15) is 16.9 Å². The first-order valence-electron chi connectivity index (χ1n) is 11.2. The lowest BCUT2D eigenvalue weighted by molar-refractivity contribution is -0.112. The summed E-state index contributed by atoms with van der Waals surface area (Å²) >= 11 is 0. The van der Waals surface area contributed by atoms with Gasteiger partial charge >= 0.3 is 11.6 Å². The number of aromatic hydroxyl groups is 2. The number of esters is 1. The van der Waals surface area contributed by atoms with Crippen LogP contribution in [-0.4, -0.2) is 47.8 Å². The van der Waals surface area contributed by atoms with Crippen LogP contribution in [0.25, 0.3) is 10.8 Å². The second-order valence-corrected chi connectivity index (χ2v) is 8.89. The molecule has 0 saturated carbocycles. The van der Waals surface area contributed by atoms with E-state index in [1.807, 2.05) is 0 Å². The highest BCUT2D eigenvalue weighted by Gasteiger charge is 2.48. The van der Waals surface area contributed by atoms with Crippen molar-refractivity contribution in [2.75, 3.05) is 14.2 Å². The van der Waals surface area contributed by atoms with Crippen molar-refractivity contribution in [2.45, 2.75) is 25.0 Å². The molecule has 37 heavy (non-hydrogen) atoms. The number of phenols is 2. The molecule has 2 N–H and O–H groups in total. The summed E-state index contributed by atoms with van der Waals surface area (Å²) in [6.07, 6.45) is 1.65. The molecule has 3 aliphatic rings. The Hall–Kier alpha value is -4.80. The SMILES string of the molecule is COC(=O)c1cc2cc3c(c(O)c2c(=O)o1)O[C@]1(CC3)Cc2c(cc3c(c2O)C(=O)C=C(OC)C3=O)O1. The van der Waals surface area contributed by atoms with Gasteiger partial charge in [-0.15, -0.1) is 0 Å². The number of ether oxygens (including phenoxy) is 4. The molecule has 2 aliphatic heterocycles. The van der Waals surface area contributed by atoms with E-state index in [2.05, 4.69) is 4.74 Å². The summed E-state index contributed by atoms with van der Waals surface area (Å²) in [5.41, 5.74) is -0.323. The topological polar surface area (TPSA) is 159 Å². The molecule has 0 radical (unpaired) electrons. The molecule has 6 rings (SSSR count). The van der Waals surface area contributed by atoms with E-state index in [0.29, 0.717) is 12.0 Å². The van der Waals surface area contributed by atoms with Gasteiger partial charge in [-0.3, -0.25) is 9.59 Å². The van der Waals surface area contributed by atoms with Gasteiger partial charge in [0.15, 0.2) is 23.0 Å². The smallest absolute Gasteiger partial charge is 0.374 e. The van der Waals surface area contributed by atoms with Gasteiger partial charge in [-0.1, -0.05) is 0 Å². The minimum atomic E-state index is -1.38. The maximum atomic E-state index is 12.7. The number of hydrogen-bond acceptors (Lipinski definition) is 11. The average Bonchev–Trinajstić information content (AvgIpc) is 3.23. The lowest BCUT2D eigenvalue weighted by Crippen LogP contribution is -2.44. The zero-order valence-corrected chi connectivity index (χ0v) is 19.5. The molecule has 0 fully saturated rings.